The number of rotatable bonds is 0. The highest BCUT2D eigenvalue weighted by Crippen LogP contribution is 2.20. The monoisotopic (exact) mass is 219 g/mol. The zero-order valence-corrected chi connectivity index (χ0v) is 11.6. The summed E-state index contributed by atoms with van der Waals surface area (Å²) in [6.45, 7) is 13.2. The molecule has 15 heavy (non-hydrogen) atoms. The lowest BCUT2D eigenvalue weighted by Crippen LogP contribution is -1.89. The van der Waals surface area contributed by atoms with E-state index in [0.29, 0.717) is 8.19 Å². The van der Waals surface area contributed by atoms with Crippen molar-refractivity contribution in [3.8, 4) is 0 Å². The quantitative estimate of drug-likeness (QED) is 0.564. The van der Waals surface area contributed by atoms with Gasteiger partial charge in [0.05, 0.1) is 0 Å². The molecule has 1 aromatic rings. The smallest absolute Gasteiger partial charge is 0.0403 e. The first-order valence-electron chi connectivity index (χ1n) is 5.33. The van der Waals surface area contributed by atoms with Gasteiger partial charge in [0.25, 0.3) is 0 Å². The van der Waals surface area contributed by atoms with Gasteiger partial charge in [0.1, 0.15) is 0 Å². The van der Waals surface area contributed by atoms with Crippen LogP contribution in [0.15, 0.2) is 5.80 Å². The van der Waals surface area contributed by atoms with Crippen molar-refractivity contribution in [2.24, 2.45) is 0 Å². The fourth-order valence-corrected chi connectivity index (χ4v) is 2.50. The Hall–Kier alpha value is -0.740. The molecule has 0 saturated heterocycles. The Labute approximate surface area is 95.2 Å². The van der Waals surface area contributed by atoms with Crippen LogP contribution in [0.3, 0.4) is 0 Å². The minimum Gasteiger partial charge on any atom is -0.258 e. The first-order valence-corrected chi connectivity index (χ1v) is 6.40. The molecule has 0 aliphatic heterocycles. The molecule has 0 spiro atoms. The third-order valence-electron chi connectivity index (χ3n) is 3.39. The van der Waals surface area contributed by atoms with Crippen LogP contribution >= 0.6 is 8.19 Å². The van der Waals surface area contributed by atoms with Crippen molar-refractivity contribution in [1.29, 1.82) is 0 Å². The Morgan fingerprint density at radius 2 is 1.33 bits per heavy atom. The average molecular weight is 219 g/mol. The van der Waals surface area contributed by atoms with Gasteiger partial charge in [-0.05, 0) is 13.8 Å². The fourth-order valence-electron chi connectivity index (χ4n) is 1.59. The maximum atomic E-state index is 3.46. The molecule has 0 amide bonds. The van der Waals surface area contributed by atoms with Crippen molar-refractivity contribution >= 4 is 8.19 Å². The summed E-state index contributed by atoms with van der Waals surface area (Å²) in [4.78, 5) is 0. The predicted octanol–water partition coefficient (Wildman–Crippen LogP) is 4.49. The van der Waals surface area contributed by atoms with Crippen LogP contribution in [0.4, 0.5) is 0 Å². The minimum absolute atomic E-state index is 0.680. The highest BCUT2D eigenvalue weighted by atomic mass is 31.0. The summed E-state index contributed by atoms with van der Waals surface area (Å²) in [5.74, 6) is 5.75. The van der Waals surface area contributed by atoms with Crippen molar-refractivity contribution in [2.45, 2.75) is 41.5 Å². The molecular weight excluding hydrogens is 199 g/mol. The molecule has 0 aliphatic carbocycles. The summed E-state index contributed by atoms with van der Waals surface area (Å²) in [7, 11) is 0.680. The van der Waals surface area contributed by atoms with Gasteiger partial charge in [-0.1, -0.05) is 49.9 Å². The van der Waals surface area contributed by atoms with E-state index in [1.165, 1.54) is 33.4 Å². The van der Waals surface area contributed by atoms with Crippen LogP contribution in [0.25, 0.3) is 0 Å². The minimum atomic E-state index is 0.680. The Balaban J connectivity index is 3.78. The van der Waals surface area contributed by atoms with Gasteiger partial charge in [0.2, 0.25) is 0 Å². The summed E-state index contributed by atoms with van der Waals surface area (Å²) >= 11 is 0. The number of aryl methyl sites for hydroxylation is 2. The van der Waals surface area contributed by atoms with Crippen LogP contribution < -0.4 is 0 Å². The van der Waals surface area contributed by atoms with Gasteiger partial charge in [0.15, 0.2) is 0 Å². The van der Waals surface area contributed by atoms with E-state index >= 15 is 0 Å². The summed E-state index contributed by atoms with van der Waals surface area (Å²) in [6.07, 6.45) is 0. The summed E-state index contributed by atoms with van der Waals surface area (Å²) < 4.78 is 0. The lowest BCUT2D eigenvalue weighted by Gasteiger charge is -2.10. The number of hydrogen-bond donors (Lipinski definition) is 0. The molecule has 1 aromatic heterocycles. The van der Waals surface area contributed by atoms with E-state index in [9.17, 15) is 0 Å². The number of hydrogen-bond acceptors (Lipinski definition) is 0. The predicted molar refractivity (Wildman–Crippen MR) is 70.8 cm³/mol. The molecular formula is C14H20P-. The van der Waals surface area contributed by atoms with Crippen molar-refractivity contribution in [2.75, 3.05) is 0 Å². The van der Waals surface area contributed by atoms with Crippen molar-refractivity contribution < 1.29 is 0 Å². The largest absolute Gasteiger partial charge is 0.258 e. The van der Waals surface area contributed by atoms with E-state index in [2.05, 4.69) is 53.1 Å². The zero-order chi connectivity index (χ0) is 11.6. The Morgan fingerprint density at radius 3 is 1.93 bits per heavy atom. The summed E-state index contributed by atoms with van der Waals surface area (Å²) in [5, 5.41) is 0. The SMILES string of the molecule is Cc1[c-][pH]cc(C)c(C)c(C)c(C)c1C. The lowest BCUT2D eigenvalue weighted by atomic mass is 10.00. The molecule has 1 atom stereocenters. The molecule has 82 valence electrons. The van der Waals surface area contributed by atoms with E-state index < -0.39 is 0 Å². The highest BCUT2D eigenvalue weighted by molar-refractivity contribution is 7.27. The highest BCUT2D eigenvalue weighted by Gasteiger charge is 1.95. The average Bonchev–Trinajstić information content (AvgIpc) is 2.25. The maximum Gasteiger partial charge on any atom is -0.0403 e. The van der Waals surface area contributed by atoms with Crippen LogP contribution in [0.5, 0.6) is 0 Å². The molecule has 0 bridgehead atoms. The first-order chi connectivity index (χ1) is 6.95. The molecule has 1 heteroatoms. The van der Waals surface area contributed by atoms with E-state index in [4.69, 9.17) is 0 Å². The summed E-state index contributed by atoms with van der Waals surface area (Å²) in [5.41, 5.74) is 8.29. The van der Waals surface area contributed by atoms with E-state index in [1.54, 1.807) is 0 Å². The third kappa shape index (κ3) is 2.63. The molecule has 0 radical (unpaired) electrons. The van der Waals surface area contributed by atoms with Crippen LogP contribution in [0, 0.1) is 47.3 Å². The van der Waals surface area contributed by atoms with Crippen LogP contribution in [-0.2, 0) is 0 Å². The third-order valence-corrected chi connectivity index (χ3v) is 4.49. The van der Waals surface area contributed by atoms with Gasteiger partial charge in [-0.15, -0.1) is 11.4 Å². The molecule has 0 fully saturated rings. The molecule has 1 heterocycles. The van der Waals surface area contributed by atoms with Crippen molar-refractivity contribution in [3.63, 3.8) is 0 Å². The van der Waals surface area contributed by atoms with Crippen LogP contribution in [-0.4, -0.2) is 0 Å². The zero-order valence-electron chi connectivity index (χ0n) is 10.6. The second kappa shape index (κ2) is 4.86. The molecule has 1 rings (SSSR count). The molecule has 0 saturated carbocycles. The lowest BCUT2D eigenvalue weighted by molar-refractivity contribution is 1.20. The normalized spacial score (nSPS) is 10.5. The van der Waals surface area contributed by atoms with Gasteiger partial charge >= 0.3 is 0 Å². The molecule has 0 N–H and O–H groups in total. The van der Waals surface area contributed by atoms with E-state index in [1.807, 2.05) is 0 Å². The second-order valence-corrected chi connectivity index (χ2v) is 5.05. The molecule has 1 unspecified atom stereocenters. The van der Waals surface area contributed by atoms with E-state index in [0.717, 1.165) is 0 Å². The Morgan fingerprint density at radius 1 is 0.800 bits per heavy atom. The molecule has 0 aromatic carbocycles. The molecule has 0 nitrogen and oxygen atoms in total. The molecule has 0 aliphatic rings. The second-order valence-electron chi connectivity index (χ2n) is 4.22. The van der Waals surface area contributed by atoms with Gasteiger partial charge in [0, 0.05) is 0 Å². The first kappa shape index (κ1) is 12.3. The van der Waals surface area contributed by atoms with Crippen LogP contribution in [0.2, 0.25) is 0 Å². The maximum absolute atomic E-state index is 3.46. The van der Waals surface area contributed by atoms with Gasteiger partial charge in [-0.2, -0.15) is 11.4 Å². The van der Waals surface area contributed by atoms with Gasteiger partial charge < -0.3 is 0 Å². The van der Waals surface area contributed by atoms with Gasteiger partial charge in [-0.25, -0.2) is 0 Å². The van der Waals surface area contributed by atoms with Crippen LogP contribution in [0.1, 0.15) is 33.4 Å². The van der Waals surface area contributed by atoms with Gasteiger partial charge in [-0.3, -0.25) is 8.19 Å². The van der Waals surface area contributed by atoms with E-state index in [-0.39, 0.29) is 0 Å². The van der Waals surface area contributed by atoms with Crippen molar-refractivity contribution in [1.82, 2.24) is 0 Å². The van der Waals surface area contributed by atoms with Crippen molar-refractivity contribution in [3.05, 3.63) is 45.0 Å². The fraction of sp³-hybridized carbons (Fsp3) is 0.429. The standard InChI is InChI=1S/C14H20P/c1-9-7-15-8-10(2)12(4)14(6)13(5)11(9)3/h7,15H,1-6H3/q-1. The topological polar surface area (TPSA) is 0 Å². The Bertz CT molecular complexity index is 385. The Kier molecular flexibility index (Phi) is 3.99. The summed E-state index contributed by atoms with van der Waals surface area (Å²) in [6, 6.07) is 0.